The van der Waals surface area contributed by atoms with E-state index < -0.39 is 16.8 Å². The molecule has 0 bridgehead atoms. The van der Waals surface area contributed by atoms with E-state index in [1.165, 1.54) is 11.8 Å². The van der Waals surface area contributed by atoms with E-state index in [1.807, 2.05) is 25.1 Å². The van der Waals surface area contributed by atoms with Crippen LogP contribution < -0.4 is 11.1 Å². The Morgan fingerprint density at radius 2 is 2.10 bits per heavy atom. The maximum Gasteiger partial charge on any atom is 0.321 e. The van der Waals surface area contributed by atoms with E-state index in [0.717, 1.165) is 10.0 Å². The van der Waals surface area contributed by atoms with Gasteiger partial charge in [-0.2, -0.15) is 0 Å². The number of rotatable bonds is 6. The summed E-state index contributed by atoms with van der Waals surface area (Å²) in [6, 6.07) is 4.60. The molecule has 0 unspecified atom stereocenters. The van der Waals surface area contributed by atoms with Gasteiger partial charge in [0.05, 0.1) is 11.4 Å². The molecule has 0 aromatic heterocycles. The standard InChI is InChI=1S/C14H19BrN2O3S/c1-8-4-5-10(9(15)6-8)17-11(18)7-21-14(2,3)12(16)13(19)20/h4-6,12H,7,16H2,1-3H3,(H,17,18)(H,19,20)/t12-/m0/s1. The van der Waals surface area contributed by atoms with Crippen LogP contribution >= 0.6 is 27.7 Å². The summed E-state index contributed by atoms with van der Waals surface area (Å²) in [5, 5.41) is 11.7. The van der Waals surface area contributed by atoms with Crippen LogP contribution in [0.3, 0.4) is 0 Å². The molecular weight excluding hydrogens is 356 g/mol. The minimum absolute atomic E-state index is 0.133. The van der Waals surface area contributed by atoms with Gasteiger partial charge in [0.1, 0.15) is 6.04 Å². The third kappa shape index (κ3) is 5.33. The molecular formula is C14H19BrN2O3S. The molecule has 0 aliphatic carbocycles. The van der Waals surface area contributed by atoms with Crippen molar-refractivity contribution in [3.63, 3.8) is 0 Å². The fourth-order valence-corrected chi connectivity index (χ4v) is 2.99. The maximum atomic E-state index is 11.9. The zero-order valence-electron chi connectivity index (χ0n) is 12.1. The summed E-state index contributed by atoms with van der Waals surface area (Å²) in [5.74, 6) is -1.14. The molecule has 1 atom stereocenters. The fourth-order valence-electron chi connectivity index (χ4n) is 1.55. The molecule has 0 aliphatic heterocycles. The molecule has 1 amide bonds. The molecule has 5 nitrogen and oxygen atoms in total. The first-order valence-electron chi connectivity index (χ1n) is 6.32. The van der Waals surface area contributed by atoms with Crippen molar-refractivity contribution in [1.82, 2.24) is 0 Å². The molecule has 0 heterocycles. The minimum Gasteiger partial charge on any atom is -0.480 e. The summed E-state index contributed by atoms with van der Waals surface area (Å²) in [7, 11) is 0. The minimum atomic E-state index is -1.07. The van der Waals surface area contributed by atoms with E-state index in [4.69, 9.17) is 10.8 Å². The number of carboxylic acids is 1. The third-order valence-corrected chi connectivity index (χ3v) is 5.05. The molecule has 0 saturated carbocycles. The normalized spacial score (nSPS) is 12.8. The quantitative estimate of drug-likeness (QED) is 0.711. The molecule has 7 heteroatoms. The first kappa shape index (κ1) is 18.0. The Balaban J connectivity index is 2.60. The zero-order valence-corrected chi connectivity index (χ0v) is 14.5. The van der Waals surface area contributed by atoms with Crippen molar-refractivity contribution in [3.8, 4) is 0 Å². The van der Waals surface area contributed by atoms with Crippen molar-refractivity contribution >= 4 is 45.3 Å². The van der Waals surface area contributed by atoms with Gasteiger partial charge in [0.15, 0.2) is 0 Å². The Hall–Kier alpha value is -1.05. The number of carbonyl (C=O) groups is 2. The largest absolute Gasteiger partial charge is 0.480 e. The number of anilines is 1. The van der Waals surface area contributed by atoms with Crippen LogP contribution in [0, 0.1) is 6.92 Å². The molecule has 1 aromatic rings. The van der Waals surface area contributed by atoms with E-state index in [1.54, 1.807) is 13.8 Å². The van der Waals surface area contributed by atoms with Gasteiger partial charge < -0.3 is 16.2 Å². The third-order valence-electron chi connectivity index (χ3n) is 2.99. The SMILES string of the molecule is Cc1ccc(NC(=O)CSC(C)(C)[C@@H](N)C(=O)O)c(Br)c1. The number of carbonyl (C=O) groups excluding carboxylic acids is 1. The lowest BCUT2D eigenvalue weighted by Crippen LogP contribution is -2.47. The highest BCUT2D eigenvalue weighted by atomic mass is 79.9. The number of nitrogens with two attached hydrogens (primary N) is 1. The van der Waals surface area contributed by atoms with E-state index in [-0.39, 0.29) is 11.7 Å². The molecule has 0 radical (unpaired) electrons. The summed E-state index contributed by atoms with van der Waals surface area (Å²) in [5.41, 5.74) is 7.39. The fraction of sp³-hybridized carbons (Fsp3) is 0.429. The molecule has 1 rings (SSSR count). The second-order valence-corrected chi connectivity index (χ2v) is 7.72. The number of nitrogens with one attached hydrogen (secondary N) is 1. The van der Waals surface area contributed by atoms with Gasteiger partial charge in [0, 0.05) is 9.22 Å². The van der Waals surface area contributed by atoms with Crippen molar-refractivity contribution in [2.45, 2.75) is 31.6 Å². The second kappa shape index (κ2) is 7.29. The summed E-state index contributed by atoms with van der Waals surface area (Å²) in [6.07, 6.45) is 0. The highest BCUT2D eigenvalue weighted by molar-refractivity contribution is 9.10. The average Bonchev–Trinajstić information content (AvgIpc) is 2.39. The molecule has 21 heavy (non-hydrogen) atoms. The van der Waals surface area contributed by atoms with Gasteiger partial charge in [-0.15, -0.1) is 11.8 Å². The summed E-state index contributed by atoms with van der Waals surface area (Å²) >= 11 is 4.61. The van der Waals surface area contributed by atoms with Gasteiger partial charge in [-0.05, 0) is 54.4 Å². The molecule has 0 saturated heterocycles. The van der Waals surface area contributed by atoms with Crippen molar-refractivity contribution in [2.75, 3.05) is 11.1 Å². The Labute approximate surface area is 136 Å². The predicted octanol–water partition coefficient (Wildman–Crippen LogP) is 2.62. The van der Waals surface area contributed by atoms with Crippen LogP contribution in [-0.2, 0) is 9.59 Å². The Morgan fingerprint density at radius 1 is 1.48 bits per heavy atom. The number of hydrogen-bond donors (Lipinski definition) is 3. The van der Waals surface area contributed by atoms with Gasteiger partial charge in [0.2, 0.25) is 5.91 Å². The number of aryl methyl sites for hydroxylation is 1. The number of amides is 1. The number of carboxylic acid groups (broad SMARTS) is 1. The van der Waals surface area contributed by atoms with E-state index in [0.29, 0.717) is 5.69 Å². The zero-order chi connectivity index (χ0) is 16.2. The second-order valence-electron chi connectivity index (χ2n) is 5.24. The van der Waals surface area contributed by atoms with Crippen LogP contribution in [0.15, 0.2) is 22.7 Å². The summed E-state index contributed by atoms with van der Waals surface area (Å²) in [4.78, 5) is 22.9. The number of benzene rings is 1. The van der Waals surface area contributed by atoms with Crippen LogP contribution in [0.4, 0.5) is 5.69 Å². The average molecular weight is 375 g/mol. The number of thioether (sulfide) groups is 1. The summed E-state index contributed by atoms with van der Waals surface area (Å²) < 4.78 is 0.0792. The molecule has 0 spiro atoms. The Kier molecular flexibility index (Phi) is 6.24. The van der Waals surface area contributed by atoms with Crippen LogP contribution in [0.5, 0.6) is 0 Å². The van der Waals surface area contributed by atoms with Crippen LogP contribution in [-0.4, -0.2) is 33.5 Å². The lowest BCUT2D eigenvalue weighted by atomic mass is 10.1. The van der Waals surface area contributed by atoms with Gasteiger partial charge in [-0.1, -0.05) is 6.07 Å². The van der Waals surface area contributed by atoms with E-state index >= 15 is 0 Å². The van der Waals surface area contributed by atoms with E-state index in [2.05, 4.69) is 21.2 Å². The molecule has 0 fully saturated rings. The van der Waals surface area contributed by atoms with Gasteiger partial charge in [-0.3, -0.25) is 9.59 Å². The smallest absolute Gasteiger partial charge is 0.321 e. The lowest BCUT2D eigenvalue weighted by molar-refractivity contribution is -0.139. The first-order valence-corrected chi connectivity index (χ1v) is 8.09. The molecule has 4 N–H and O–H groups in total. The van der Waals surface area contributed by atoms with Gasteiger partial charge in [0.25, 0.3) is 0 Å². The van der Waals surface area contributed by atoms with Crippen LogP contribution in [0.25, 0.3) is 0 Å². The van der Waals surface area contributed by atoms with E-state index in [9.17, 15) is 9.59 Å². The van der Waals surface area contributed by atoms with Gasteiger partial charge in [-0.25, -0.2) is 0 Å². The maximum absolute atomic E-state index is 11.9. The Morgan fingerprint density at radius 3 is 2.62 bits per heavy atom. The highest BCUT2D eigenvalue weighted by Gasteiger charge is 2.33. The van der Waals surface area contributed by atoms with Gasteiger partial charge >= 0.3 is 5.97 Å². The molecule has 116 valence electrons. The number of hydrogen-bond acceptors (Lipinski definition) is 4. The first-order chi connectivity index (χ1) is 9.63. The van der Waals surface area contributed by atoms with Crippen LogP contribution in [0.2, 0.25) is 0 Å². The van der Waals surface area contributed by atoms with Crippen molar-refractivity contribution in [1.29, 1.82) is 0 Å². The molecule has 1 aromatic carbocycles. The van der Waals surface area contributed by atoms with Crippen molar-refractivity contribution in [3.05, 3.63) is 28.2 Å². The monoisotopic (exact) mass is 374 g/mol. The predicted molar refractivity (Wildman–Crippen MR) is 89.7 cm³/mol. The van der Waals surface area contributed by atoms with Crippen molar-refractivity contribution < 1.29 is 14.7 Å². The van der Waals surface area contributed by atoms with Crippen LogP contribution in [0.1, 0.15) is 19.4 Å². The lowest BCUT2D eigenvalue weighted by Gasteiger charge is -2.27. The summed E-state index contributed by atoms with van der Waals surface area (Å²) in [6.45, 7) is 5.39. The number of halogens is 1. The highest BCUT2D eigenvalue weighted by Crippen LogP contribution is 2.28. The molecule has 0 aliphatic rings. The van der Waals surface area contributed by atoms with Crippen molar-refractivity contribution in [2.24, 2.45) is 5.73 Å². The number of aliphatic carboxylic acids is 1. The topological polar surface area (TPSA) is 92.4 Å². The Bertz CT molecular complexity index is 549.